The Labute approximate surface area is 167 Å². The fourth-order valence-electron chi connectivity index (χ4n) is 7.72. The highest BCUT2D eigenvalue weighted by atomic mass is 16.3. The van der Waals surface area contributed by atoms with Crippen LogP contribution in [0.3, 0.4) is 0 Å². The van der Waals surface area contributed by atoms with Gasteiger partial charge in [-0.2, -0.15) is 0 Å². The summed E-state index contributed by atoms with van der Waals surface area (Å²) in [6.45, 7) is 4.46. The molecule has 4 heteroatoms. The van der Waals surface area contributed by atoms with Crippen LogP contribution in [0.4, 0.5) is 0 Å². The van der Waals surface area contributed by atoms with Crippen LogP contribution in [-0.4, -0.2) is 32.0 Å². The molecule has 4 aliphatic carbocycles. The number of pyridine rings is 1. The van der Waals surface area contributed by atoms with E-state index in [2.05, 4.69) is 24.9 Å². The van der Waals surface area contributed by atoms with E-state index in [0.29, 0.717) is 24.5 Å². The van der Waals surface area contributed by atoms with Gasteiger partial charge in [0.25, 0.3) is 0 Å². The fourth-order valence-corrected chi connectivity index (χ4v) is 7.72. The van der Waals surface area contributed by atoms with Crippen LogP contribution >= 0.6 is 0 Å². The third kappa shape index (κ3) is 2.15. The first-order chi connectivity index (χ1) is 13.2. The molecule has 4 aliphatic rings. The summed E-state index contributed by atoms with van der Waals surface area (Å²) in [5, 5.41) is 34.1. The zero-order chi connectivity index (χ0) is 19.8. The van der Waals surface area contributed by atoms with Crippen molar-refractivity contribution in [2.45, 2.75) is 82.5 Å². The smallest absolute Gasteiger partial charge is 0.115 e. The first kappa shape index (κ1) is 18.8. The van der Waals surface area contributed by atoms with Gasteiger partial charge in [0.2, 0.25) is 0 Å². The molecule has 4 nitrogen and oxygen atoms in total. The molecule has 3 saturated carbocycles. The predicted molar refractivity (Wildman–Crippen MR) is 107 cm³/mol. The highest BCUT2D eigenvalue weighted by Crippen LogP contribution is 2.70. The normalized spacial score (nSPS) is 50.3. The van der Waals surface area contributed by atoms with Crippen LogP contribution in [-0.2, 0) is 5.60 Å². The third-order valence-electron chi connectivity index (χ3n) is 9.51. The first-order valence-electron chi connectivity index (χ1n) is 11.0. The summed E-state index contributed by atoms with van der Waals surface area (Å²) in [6.07, 6.45) is 10.3. The SMILES string of the molecule is C[C@]12CCC(O)C=C1CC[C@@H]1[C@H]2CC[C@]2(C)C(O)(c3ccccn3)CC[C@@]12O. The van der Waals surface area contributed by atoms with Gasteiger partial charge in [-0.15, -0.1) is 0 Å². The Bertz CT molecular complexity index is 809. The van der Waals surface area contributed by atoms with Crippen molar-refractivity contribution in [2.24, 2.45) is 22.7 Å². The molecule has 0 spiro atoms. The molecule has 28 heavy (non-hydrogen) atoms. The fraction of sp³-hybridized carbons (Fsp3) is 0.708. The molecular weight excluding hydrogens is 350 g/mol. The second-order valence-electron chi connectivity index (χ2n) is 10.3. The summed E-state index contributed by atoms with van der Waals surface area (Å²) >= 11 is 0. The molecule has 0 aromatic carbocycles. The maximum atomic E-state index is 12.2. The number of hydrogen-bond acceptors (Lipinski definition) is 4. The van der Waals surface area contributed by atoms with Crippen LogP contribution in [0.15, 0.2) is 36.0 Å². The maximum Gasteiger partial charge on any atom is 0.115 e. The molecule has 3 fully saturated rings. The molecule has 152 valence electrons. The van der Waals surface area contributed by atoms with Crippen LogP contribution in [0.1, 0.15) is 70.9 Å². The molecule has 0 radical (unpaired) electrons. The van der Waals surface area contributed by atoms with Gasteiger partial charge in [0.1, 0.15) is 5.60 Å². The number of rotatable bonds is 1. The van der Waals surface area contributed by atoms with E-state index in [9.17, 15) is 15.3 Å². The van der Waals surface area contributed by atoms with Crippen molar-refractivity contribution in [3.05, 3.63) is 41.7 Å². The molecule has 0 saturated heterocycles. The number of aliphatic hydroxyl groups excluding tert-OH is 1. The van der Waals surface area contributed by atoms with Crippen LogP contribution in [0.5, 0.6) is 0 Å². The summed E-state index contributed by atoms with van der Waals surface area (Å²) in [6, 6.07) is 5.72. The van der Waals surface area contributed by atoms with Gasteiger partial charge < -0.3 is 15.3 Å². The largest absolute Gasteiger partial charge is 0.389 e. The van der Waals surface area contributed by atoms with Gasteiger partial charge in [0.05, 0.1) is 17.4 Å². The van der Waals surface area contributed by atoms with E-state index in [4.69, 9.17) is 0 Å². The molecule has 1 heterocycles. The number of nitrogens with zero attached hydrogens (tertiary/aromatic N) is 1. The lowest BCUT2D eigenvalue weighted by atomic mass is 9.44. The second kappa shape index (κ2) is 5.90. The first-order valence-corrected chi connectivity index (χ1v) is 11.0. The van der Waals surface area contributed by atoms with Crippen LogP contribution < -0.4 is 0 Å². The molecule has 2 unspecified atom stereocenters. The highest BCUT2D eigenvalue weighted by molar-refractivity contribution is 5.32. The van der Waals surface area contributed by atoms with Gasteiger partial charge in [-0.05, 0) is 80.8 Å². The molecule has 0 bridgehead atoms. The molecule has 0 amide bonds. The predicted octanol–water partition coefficient (Wildman–Crippen LogP) is 3.71. The van der Waals surface area contributed by atoms with Gasteiger partial charge in [0.15, 0.2) is 0 Å². The lowest BCUT2D eigenvalue weighted by molar-refractivity contribution is -0.222. The van der Waals surface area contributed by atoms with Gasteiger partial charge in [0, 0.05) is 11.6 Å². The van der Waals surface area contributed by atoms with E-state index < -0.39 is 16.6 Å². The van der Waals surface area contributed by atoms with Crippen molar-refractivity contribution in [2.75, 3.05) is 0 Å². The Hall–Kier alpha value is -1.23. The minimum absolute atomic E-state index is 0.0743. The van der Waals surface area contributed by atoms with E-state index in [1.807, 2.05) is 18.2 Å². The average Bonchev–Trinajstić information content (AvgIpc) is 2.91. The summed E-state index contributed by atoms with van der Waals surface area (Å²) in [7, 11) is 0. The van der Waals surface area contributed by atoms with Crippen LogP contribution in [0, 0.1) is 22.7 Å². The standard InChI is InChI=1S/C24H33NO3/c1-21-10-8-17(26)15-16(21)6-7-19-18(21)9-11-22(2)23(19,27)12-13-24(22,28)20-5-3-4-14-25-20/h3-5,14-15,17-19,26-28H,6-13H2,1-2H3/t17?,18-,19-,21+,22+,23-,24?/m1/s1. The zero-order valence-electron chi connectivity index (χ0n) is 17.1. The van der Waals surface area contributed by atoms with E-state index in [1.165, 1.54) is 5.57 Å². The van der Waals surface area contributed by atoms with Crippen molar-refractivity contribution < 1.29 is 15.3 Å². The lowest BCUT2D eigenvalue weighted by Gasteiger charge is -2.62. The van der Waals surface area contributed by atoms with Crippen molar-refractivity contribution in [1.29, 1.82) is 0 Å². The van der Waals surface area contributed by atoms with Gasteiger partial charge in [-0.25, -0.2) is 0 Å². The van der Waals surface area contributed by atoms with E-state index in [0.717, 1.165) is 38.5 Å². The zero-order valence-corrected chi connectivity index (χ0v) is 17.1. The minimum atomic E-state index is -1.08. The quantitative estimate of drug-likeness (QED) is 0.647. The second-order valence-corrected chi connectivity index (χ2v) is 10.3. The third-order valence-corrected chi connectivity index (χ3v) is 9.51. The average molecular weight is 384 g/mol. The molecule has 1 aromatic rings. The Morgan fingerprint density at radius 1 is 0.964 bits per heavy atom. The van der Waals surface area contributed by atoms with Crippen molar-refractivity contribution in [3.8, 4) is 0 Å². The van der Waals surface area contributed by atoms with Gasteiger partial charge in [-0.1, -0.05) is 31.6 Å². The van der Waals surface area contributed by atoms with Gasteiger partial charge in [-0.3, -0.25) is 4.98 Å². The molecule has 3 N–H and O–H groups in total. The molecule has 7 atom stereocenters. The van der Waals surface area contributed by atoms with E-state index in [-0.39, 0.29) is 17.4 Å². The summed E-state index contributed by atoms with van der Waals surface area (Å²) in [5.41, 5.74) is -0.347. The van der Waals surface area contributed by atoms with Crippen molar-refractivity contribution in [1.82, 2.24) is 4.98 Å². The number of allylic oxidation sites excluding steroid dienone is 1. The Morgan fingerprint density at radius 2 is 1.79 bits per heavy atom. The van der Waals surface area contributed by atoms with Crippen molar-refractivity contribution >= 4 is 0 Å². The molecule has 5 rings (SSSR count). The molecular formula is C24H33NO3. The van der Waals surface area contributed by atoms with E-state index in [1.54, 1.807) is 6.20 Å². The number of aliphatic hydroxyl groups is 3. The summed E-state index contributed by atoms with van der Waals surface area (Å²) in [5.74, 6) is 0.616. The monoisotopic (exact) mass is 383 g/mol. The number of hydrogen-bond donors (Lipinski definition) is 3. The lowest BCUT2D eigenvalue weighted by Crippen LogP contribution is -2.63. The molecule has 0 aliphatic heterocycles. The van der Waals surface area contributed by atoms with Gasteiger partial charge >= 0.3 is 0 Å². The number of fused-ring (bicyclic) bond motifs is 5. The van der Waals surface area contributed by atoms with Crippen LogP contribution in [0.2, 0.25) is 0 Å². The number of aromatic nitrogens is 1. The highest BCUT2D eigenvalue weighted by Gasteiger charge is 2.72. The Kier molecular flexibility index (Phi) is 3.96. The Balaban J connectivity index is 1.55. The molecule has 1 aromatic heterocycles. The van der Waals surface area contributed by atoms with Crippen LogP contribution in [0.25, 0.3) is 0 Å². The van der Waals surface area contributed by atoms with Crippen molar-refractivity contribution in [3.63, 3.8) is 0 Å². The van der Waals surface area contributed by atoms with E-state index >= 15 is 0 Å². The summed E-state index contributed by atoms with van der Waals surface area (Å²) in [4.78, 5) is 4.49. The minimum Gasteiger partial charge on any atom is -0.389 e. The Morgan fingerprint density at radius 3 is 2.54 bits per heavy atom. The maximum absolute atomic E-state index is 12.2. The topological polar surface area (TPSA) is 73.6 Å². The summed E-state index contributed by atoms with van der Waals surface area (Å²) < 4.78 is 0.